The summed E-state index contributed by atoms with van der Waals surface area (Å²) in [6.07, 6.45) is 3.34. The number of para-hydroxylation sites is 1. The van der Waals surface area contributed by atoms with Gasteiger partial charge in [-0.3, -0.25) is 9.89 Å². The van der Waals surface area contributed by atoms with E-state index in [0.29, 0.717) is 35.1 Å². The molecule has 0 unspecified atom stereocenters. The zero-order chi connectivity index (χ0) is 18.4. The Balaban J connectivity index is 1.43. The van der Waals surface area contributed by atoms with E-state index in [-0.39, 0.29) is 5.91 Å². The molecule has 27 heavy (non-hydrogen) atoms. The molecule has 3 aromatic rings. The summed E-state index contributed by atoms with van der Waals surface area (Å²) in [5.41, 5.74) is 5.06. The molecule has 2 aliphatic heterocycles. The van der Waals surface area contributed by atoms with Crippen LogP contribution in [0.15, 0.2) is 24.4 Å². The van der Waals surface area contributed by atoms with Crippen molar-refractivity contribution in [1.82, 2.24) is 25.1 Å². The highest BCUT2D eigenvalue weighted by atomic mass is 16.5. The number of imidazole rings is 1. The summed E-state index contributed by atoms with van der Waals surface area (Å²) < 4.78 is 5.64. The first-order valence-electron chi connectivity index (χ1n) is 9.05. The number of carbonyl (C=O) groups excluding carboxylic acids is 1. The molecule has 2 aliphatic rings. The second-order valence-corrected chi connectivity index (χ2v) is 7.00. The van der Waals surface area contributed by atoms with Crippen molar-refractivity contribution >= 4 is 11.6 Å². The van der Waals surface area contributed by atoms with Crippen LogP contribution in [0.1, 0.15) is 27.3 Å². The summed E-state index contributed by atoms with van der Waals surface area (Å²) in [5.74, 6) is 1.15. The number of rotatable bonds is 3. The molecule has 0 atom stereocenters. The van der Waals surface area contributed by atoms with Gasteiger partial charge in [0.1, 0.15) is 11.4 Å². The summed E-state index contributed by atoms with van der Waals surface area (Å²) in [6.45, 7) is 2.44. The van der Waals surface area contributed by atoms with Gasteiger partial charge in [0, 0.05) is 25.9 Å². The fourth-order valence-corrected chi connectivity index (χ4v) is 3.69. The second-order valence-electron chi connectivity index (χ2n) is 7.00. The van der Waals surface area contributed by atoms with Gasteiger partial charge in [0.25, 0.3) is 5.91 Å². The molecule has 0 bridgehead atoms. The van der Waals surface area contributed by atoms with E-state index in [2.05, 4.69) is 32.4 Å². The first-order chi connectivity index (χ1) is 13.2. The molecule has 0 radical (unpaired) electrons. The van der Waals surface area contributed by atoms with Gasteiger partial charge in [-0.25, -0.2) is 4.98 Å². The lowest BCUT2D eigenvalue weighted by molar-refractivity contribution is 0.102. The highest BCUT2D eigenvalue weighted by molar-refractivity contribution is 6.07. The molecule has 8 nitrogen and oxygen atoms in total. The van der Waals surface area contributed by atoms with Gasteiger partial charge < -0.3 is 19.9 Å². The average Bonchev–Trinajstić information content (AvgIpc) is 3.39. The SMILES string of the molecule is CN1CCc2nc(-c3[nH]ncc3NC(=O)c3cccc4c3OCC4)[nH]c2C1. The Morgan fingerprint density at radius 3 is 3.19 bits per heavy atom. The number of nitrogens with zero attached hydrogens (tertiary/aromatic N) is 3. The van der Waals surface area contributed by atoms with Crippen molar-refractivity contribution in [3.63, 3.8) is 0 Å². The number of hydrogen-bond donors (Lipinski definition) is 3. The molecule has 1 amide bonds. The van der Waals surface area contributed by atoms with E-state index in [1.165, 1.54) is 0 Å². The fourth-order valence-electron chi connectivity index (χ4n) is 3.69. The minimum Gasteiger partial charge on any atom is -0.492 e. The van der Waals surface area contributed by atoms with Gasteiger partial charge in [-0.2, -0.15) is 5.10 Å². The van der Waals surface area contributed by atoms with Crippen LogP contribution in [0.2, 0.25) is 0 Å². The molecule has 0 aliphatic carbocycles. The number of anilines is 1. The normalized spacial score (nSPS) is 15.9. The fraction of sp³-hybridized carbons (Fsp3) is 0.316. The summed E-state index contributed by atoms with van der Waals surface area (Å²) in [5, 5.41) is 9.99. The molecule has 0 saturated heterocycles. The van der Waals surface area contributed by atoms with E-state index in [4.69, 9.17) is 9.72 Å². The van der Waals surface area contributed by atoms with Crippen molar-refractivity contribution in [1.29, 1.82) is 0 Å². The van der Waals surface area contributed by atoms with Gasteiger partial charge in [0.2, 0.25) is 0 Å². The summed E-state index contributed by atoms with van der Waals surface area (Å²) in [4.78, 5) is 23.1. The lowest BCUT2D eigenvalue weighted by Crippen LogP contribution is -2.26. The number of likely N-dealkylation sites (N-methyl/N-ethyl adjacent to an activating group) is 1. The van der Waals surface area contributed by atoms with E-state index in [9.17, 15) is 4.79 Å². The van der Waals surface area contributed by atoms with E-state index in [0.717, 1.165) is 42.9 Å². The molecular weight excluding hydrogens is 344 g/mol. The summed E-state index contributed by atoms with van der Waals surface area (Å²) in [7, 11) is 2.09. The second kappa shape index (κ2) is 6.24. The number of fused-ring (bicyclic) bond motifs is 2. The molecule has 3 N–H and O–H groups in total. The van der Waals surface area contributed by atoms with Gasteiger partial charge in [-0.05, 0) is 18.7 Å². The average molecular weight is 364 g/mol. The van der Waals surface area contributed by atoms with E-state index in [1.54, 1.807) is 12.3 Å². The van der Waals surface area contributed by atoms with Crippen LogP contribution in [0.4, 0.5) is 5.69 Å². The molecule has 1 aromatic carbocycles. The van der Waals surface area contributed by atoms with E-state index in [1.807, 2.05) is 12.1 Å². The highest BCUT2D eigenvalue weighted by Crippen LogP contribution is 2.31. The first kappa shape index (κ1) is 16.1. The van der Waals surface area contributed by atoms with Gasteiger partial charge >= 0.3 is 0 Å². The standard InChI is InChI=1S/C19H20N6O2/c1-25-7-5-13-15(10-25)22-18(21-13)16-14(9-20-24-16)23-19(26)12-4-2-3-11-6-8-27-17(11)12/h2-4,9H,5-8,10H2,1H3,(H,20,24)(H,21,22)(H,23,26). The molecule has 138 valence electrons. The van der Waals surface area contributed by atoms with Gasteiger partial charge in [0.15, 0.2) is 5.82 Å². The van der Waals surface area contributed by atoms with Gasteiger partial charge in [-0.1, -0.05) is 12.1 Å². The van der Waals surface area contributed by atoms with Crippen molar-refractivity contribution in [2.24, 2.45) is 0 Å². The zero-order valence-corrected chi connectivity index (χ0v) is 15.0. The molecule has 5 rings (SSSR count). The van der Waals surface area contributed by atoms with Crippen molar-refractivity contribution in [3.8, 4) is 17.3 Å². The van der Waals surface area contributed by atoms with Crippen molar-refractivity contribution < 1.29 is 9.53 Å². The Labute approximate surface area is 155 Å². The smallest absolute Gasteiger partial charge is 0.259 e. The van der Waals surface area contributed by atoms with Crippen LogP contribution < -0.4 is 10.1 Å². The number of carbonyl (C=O) groups is 1. The third-order valence-corrected chi connectivity index (χ3v) is 5.11. The van der Waals surface area contributed by atoms with Crippen LogP contribution in [0.3, 0.4) is 0 Å². The van der Waals surface area contributed by atoms with Crippen LogP contribution >= 0.6 is 0 Å². The van der Waals surface area contributed by atoms with Crippen LogP contribution in [-0.4, -0.2) is 51.2 Å². The molecular formula is C19H20N6O2. The zero-order valence-electron chi connectivity index (χ0n) is 15.0. The summed E-state index contributed by atoms with van der Waals surface area (Å²) in [6, 6.07) is 5.66. The predicted molar refractivity (Wildman–Crippen MR) is 99.8 cm³/mol. The number of aromatic nitrogens is 4. The van der Waals surface area contributed by atoms with Crippen molar-refractivity contribution in [3.05, 3.63) is 46.9 Å². The Morgan fingerprint density at radius 2 is 2.26 bits per heavy atom. The summed E-state index contributed by atoms with van der Waals surface area (Å²) >= 11 is 0. The number of amides is 1. The maximum Gasteiger partial charge on any atom is 0.259 e. The van der Waals surface area contributed by atoms with Crippen LogP contribution in [0.5, 0.6) is 5.75 Å². The lowest BCUT2D eigenvalue weighted by Gasteiger charge is -2.20. The van der Waals surface area contributed by atoms with Crippen LogP contribution in [0, 0.1) is 0 Å². The maximum absolute atomic E-state index is 12.8. The molecule has 0 spiro atoms. The third kappa shape index (κ3) is 2.78. The van der Waals surface area contributed by atoms with Gasteiger partial charge in [0.05, 0.1) is 35.4 Å². The molecule has 8 heteroatoms. The van der Waals surface area contributed by atoms with Gasteiger partial charge in [-0.15, -0.1) is 0 Å². The number of aromatic amines is 2. The maximum atomic E-state index is 12.8. The number of benzene rings is 1. The molecule has 2 aromatic heterocycles. The first-order valence-corrected chi connectivity index (χ1v) is 9.05. The number of nitrogens with one attached hydrogen (secondary N) is 3. The largest absolute Gasteiger partial charge is 0.492 e. The van der Waals surface area contributed by atoms with E-state index >= 15 is 0 Å². The lowest BCUT2D eigenvalue weighted by atomic mass is 10.1. The Bertz CT molecular complexity index is 1020. The minimum atomic E-state index is -0.215. The molecule has 4 heterocycles. The number of hydrogen-bond acceptors (Lipinski definition) is 5. The van der Waals surface area contributed by atoms with Crippen LogP contribution in [-0.2, 0) is 19.4 Å². The van der Waals surface area contributed by atoms with Crippen molar-refractivity contribution in [2.75, 3.05) is 25.5 Å². The highest BCUT2D eigenvalue weighted by Gasteiger charge is 2.23. The minimum absolute atomic E-state index is 0.215. The molecule has 0 saturated carbocycles. The quantitative estimate of drug-likeness (QED) is 0.660. The number of H-pyrrole nitrogens is 2. The Kier molecular flexibility index (Phi) is 3.71. The Morgan fingerprint density at radius 1 is 1.33 bits per heavy atom. The number of ether oxygens (including phenoxy) is 1. The van der Waals surface area contributed by atoms with Crippen molar-refractivity contribution in [2.45, 2.75) is 19.4 Å². The topological polar surface area (TPSA) is 98.9 Å². The predicted octanol–water partition coefficient (Wildman–Crippen LogP) is 1.97. The molecule has 0 fully saturated rings. The van der Waals surface area contributed by atoms with Crippen LogP contribution in [0.25, 0.3) is 11.5 Å². The Hall–Kier alpha value is -3.13. The third-order valence-electron chi connectivity index (χ3n) is 5.11. The van der Waals surface area contributed by atoms with E-state index < -0.39 is 0 Å². The monoisotopic (exact) mass is 364 g/mol.